The summed E-state index contributed by atoms with van der Waals surface area (Å²) in [7, 11) is -3.43. The zero-order chi connectivity index (χ0) is 29.3. The van der Waals surface area contributed by atoms with Gasteiger partial charge in [-0.3, -0.25) is 9.52 Å². The highest BCUT2D eigenvalue weighted by molar-refractivity contribution is 7.92. The molecule has 5 rings (SSSR count). The van der Waals surface area contributed by atoms with E-state index in [2.05, 4.69) is 20.0 Å². The van der Waals surface area contributed by atoms with Gasteiger partial charge in [0.2, 0.25) is 10.0 Å². The van der Waals surface area contributed by atoms with Crippen molar-refractivity contribution in [1.29, 1.82) is 0 Å². The molecule has 2 saturated heterocycles. The lowest BCUT2D eigenvalue weighted by Gasteiger charge is -2.44. The summed E-state index contributed by atoms with van der Waals surface area (Å²) >= 11 is 0. The highest BCUT2D eigenvalue weighted by atomic mass is 32.2. The average Bonchev–Trinajstić information content (AvgIpc) is 3.42. The first-order chi connectivity index (χ1) is 19.5. The second-order valence-corrected chi connectivity index (χ2v) is 11.7. The van der Waals surface area contributed by atoms with Gasteiger partial charge in [0.25, 0.3) is 5.91 Å². The number of anilines is 2. The second-order valence-electron chi connectivity index (χ2n) is 9.94. The quantitative estimate of drug-likeness (QED) is 0.270. The van der Waals surface area contributed by atoms with E-state index in [-0.39, 0.29) is 13.1 Å². The molecule has 41 heavy (non-hydrogen) atoms. The fourth-order valence-electron chi connectivity index (χ4n) is 5.00. The molecule has 2 aliphatic heterocycles. The largest absolute Gasteiger partial charge is 0.394 e. The van der Waals surface area contributed by atoms with E-state index in [0.717, 1.165) is 6.26 Å². The number of rotatable bonds is 7. The second kappa shape index (κ2) is 11.7. The number of carbonyl (C=O) groups excluding carboxylic acids is 1. The first kappa shape index (κ1) is 28.8. The predicted molar refractivity (Wildman–Crippen MR) is 144 cm³/mol. The Labute approximate surface area is 235 Å². The molecular weight excluding hydrogens is 561 g/mol. The Morgan fingerprint density at radius 2 is 1.90 bits per heavy atom. The molecule has 0 radical (unpaired) electrons. The standard InChI is InChI=1S/C25H30FN7O7S/c1-41(38,39)29-17-5-6-20(27-12-17)31-7-9-32(10-8-31)25(37)24-23(36)21(22(35)19(14-34)40-24)33-13-18(28-30-33)15-3-2-4-16(26)11-15/h2-6,11-13,19,21-24,29,34-36H,7-10,14H2,1H3/t19-,21+,22+,23-,24-/m1/s1. The van der Waals surface area contributed by atoms with Gasteiger partial charge in [0.15, 0.2) is 6.10 Å². The van der Waals surface area contributed by atoms with Crippen molar-refractivity contribution in [2.24, 2.45) is 0 Å². The number of aliphatic hydroxyl groups excluding tert-OH is 3. The summed E-state index contributed by atoms with van der Waals surface area (Å²) in [6.07, 6.45) is -1.63. The number of ether oxygens (including phenoxy) is 1. The van der Waals surface area contributed by atoms with Crippen LogP contribution in [0.3, 0.4) is 0 Å². The van der Waals surface area contributed by atoms with Gasteiger partial charge in [-0.1, -0.05) is 17.3 Å². The number of sulfonamides is 1. The summed E-state index contributed by atoms with van der Waals surface area (Å²) in [5.74, 6) is -0.376. The number of nitrogens with zero attached hydrogens (tertiary/aromatic N) is 6. The van der Waals surface area contributed by atoms with Crippen molar-refractivity contribution < 1.29 is 37.7 Å². The number of nitrogens with one attached hydrogen (secondary N) is 1. The van der Waals surface area contributed by atoms with Crippen LogP contribution in [0.25, 0.3) is 11.3 Å². The smallest absolute Gasteiger partial charge is 0.254 e. The predicted octanol–water partition coefficient (Wildman–Crippen LogP) is -0.778. The molecular formula is C25H30FN7O7S. The van der Waals surface area contributed by atoms with Crippen molar-refractivity contribution >= 4 is 27.4 Å². The van der Waals surface area contributed by atoms with Crippen molar-refractivity contribution in [2.75, 3.05) is 48.7 Å². The summed E-state index contributed by atoms with van der Waals surface area (Å²) in [6.45, 7) is 0.774. The number of pyridine rings is 1. The van der Waals surface area contributed by atoms with Crippen LogP contribution in [0.15, 0.2) is 48.8 Å². The van der Waals surface area contributed by atoms with Gasteiger partial charge >= 0.3 is 0 Å². The Balaban J connectivity index is 1.27. The molecule has 220 valence electrons. The van der Waals surface area contributed by atoms with Gasteiger partial charge in [-0.15, -0.1) is 5.10 Å². The first-order valence-electron chi connectivity index (χ1n) is 12.8. The summed E-state index contributed by atoms with van der Waals surface area (Å²) in [5, 5.41) is 39.9. The molecule has 0 unspecified atom stereocenters. The van der Waals surface area contributed by atoms with Gasteiger partial charge in [0.1, 0.15) is 41.7 Å². The third-order valence-corrected chi connectivity index (χ3v) is 7.64. The molecule has 3 aromatic rings. The van der Waals surface area contributed by atoms with Crippen molar-refractivity contribution in [2.45, 2.75) is 30.5 Å². The number of halogens is 1. The number of aliphatic hydroxyl groups is 3. The fraction of sp³-hybridized carbons (Fsp3) is 0.440. The Hall–Kier alpha value is -3.70. The van der Waals surface area contributed by atoms with Gasteiger partial charge in [0.05, 0.1) is 30.9 Å². The van der Waals surface area contributed by atoms with Crippen LogP contribution >= 0.6 is 0 Å². The summed E-state index contributed by atoms with van der Waals surface area (Å²) in [5.41, 5.74) is 1.06. The van der Waals surface area contributed by atoms with Gasteiger partial charge in [-0.25, -0.2) is 22.5 Å². The maximum atomic E-state index is 13.7. The zero-order valence-electron chi connectivity index (χ0n) is 22.0. The van der Waals surface area contributed by atoms with E-state index in [0.29, 0.717) is 35.9 Å². The Kier molecular flexibility index (Phi) is 8.19. The lowest BCUT2D eigenvalue weighted by Crippen LogP contribution is -2.62. The van der Waals surface area contributed by atoms with E-state index in [1.807, 2.05) is 4.90 Å². The number of aromatic nitrogens is 4. The number of amides is 1. The van der Waals surface area contributed by atoms with Crippen LogP contribution in [0.4, 0.5) is 15.9 Å². The topological polar surface area (TPSA) is 183 Å². The van der Waals surface area contributed by atoms with E-state index in [4.69, 9.17) is 4.74 Å². The molecule has 1 amide bonds. The van der Waals surface area contributed by atoms with Crippen LogP contribution < -0.4 is 9.62 Å². The van der Waals surface area contributed by atoms with E-state index in [9.17, 15) is 32.9 Å². The normalized spacial score (nSPS) is 25.2. The molecule has 5 atom stereocenters. The Morgan fingerprint density at radius 1 is 1.15 bits per heavy atom. The van der Waals surface area contributed by atoms with Crippen LogP contribution in [-0.4, -0.2) is 118 Å². The van der Waals surface area contributed by atoms with E-state index < -0.39 is 58.8 Å². The molecule has 0 bridgehead atoms. The molecule has 0 saturated carbocycles. The minimum absolute atomic E-state index is 0.278. The fourth-order valence-corrected chi connectivity index (χ4v) is 5.55. The molecule has 4 heterocycles. The molecule has 0 aliphatic carbocycles. The monoisotopic (exact) mass is 591 g/mol. The molecule has 1 aromatic carbocycles. The van der Waals surface area contributed by atoms with E-state index in [1.54, 1.807) is 18.2 Å². The third kappa shape index (κ3) is 6.31. The first-order valence-corrected chi connectivity index (χ1v) is 14.7. The van der Waals surface area contributed by atoms with Crippen LogP contribution in [0.1, 0.15) is 6.04 Å². The molecule has 0 spiro atoms. The molecule has 4 N–H and O–H groups in total. The van der Waals surface area contributed by atoms with Crippen molar-refractivity contribution in [3.8, 4) is 11.3 Å². The van der Waals surface area contributed by atoms with E-state index >= 15 is 0 Å². The van der Waals surface area contributed by atoms with Crippen LogP contribution in [0, 0.1) is 5.82 Å². The molecule has 2 aliphatic rings. The number of hydrogen-bond donors (Lipinski definition) is 4. The minimum Gasteiger partial charge on any atom is -0.394 e. The number of piperazine rings is 1. The van der Waals surface area contributed by atoms with Gasteiger partial charge in [-0.05, 0) is 24.3 Å². The lowest BCUT2D eigenvalue weighted by molar-refractivity contribution is -0.211. The SMILES string of the molecule is CS(=O)(=O)Nc1ccc(N2CCN(C(=O)[C@@H]3O[C@H](CO)[C@H](O)[C@H](n4cc(-c5cccc(F)c5)nn4)[C@H]3O)CC2)nc1. The number of hydrogen-bond acceptors (Lipinski definition) is 11. The van der Waals surface area contributed by atoms with Crippen molar-refractivity contribution in [1.82, 2.24) is 24.9 Å². The van der Waals surface area contributed by atoms with E-state index in [1.165, 1.54) is 40.2 Å². The maximum Gasteiger partial charge on any atom is 0.254 e. The number of carbonyl (C=O) groups is 1. The van der Waals surface area contributed by atoms with Gasteiger partial charge in [0, 0.05) is 31.7 Å². The Bertz CT molecular complexity index is 1480. The summed E-state index contributed by atoms with van der Waals surface area (Å²) in [4.78, 5) is 21.2. The van der Waals surface area contributed by atoms with Crippen LogP contribution in [0.2, 0.25) is 0 Å². The Morgan fingerprint density at radius 3 is 2.54 bits per heavy atom. The highest BCUT2D eigenvalue weighted by Gasteiger charge is 2.49. The van der Waals surface area contributed by atoms with Gasteiger partial charge < -0.3 is 29.9 Å². The minimum atomic E-state index is -3.43. The lowest BCUT2D eigenvalue weighted by atomic mass is 9.91. The number of benzene rings is 1. The average molecular weight is 592 g/mol. The zero-order valence-corrected chi connectivity index (χ0v) is 22.8. The summed E-state index contributed by atoms with van der Waals surface area (Å²) in [6, 6.07) is 7.79. The van der Waals surface area contributed by atoms with Crippen LogP contribution in [-0.2, 0) is 19.6 Å². The van der Waals surface area contributed by atoms with Gasteiger partial charge in [-0.2, -0.15) is 0 Å². The van der Waals surface area contributed by atoms with Crippen molar-refractivity contribution in [3.63, 3.8) is 0 Å². The van der Waals surface area contributed by atoms with Crippen molar-refractivity contribution in [3.05, 3.63) is 54.6 Å². The molecule has 2 fully saturated rings. The maximum absolute atomic E-state index is 13.7. The highest BCUT2D eigenvalue weighted by Crippen LogP contribution is 2.32. The van der Waals surface area contributed by atoms with Crippen LogP contribution in [0.5, 0.6) is 0 Å². The summed E-state index contributed by atoms with van der Waals surface area (Å²) < 4.78 is 45.7. The molecule has 2 aromatic heterocycles. The molecule has 14 nitrogen and oxygen atoms in total. The molecule has 16 heteroatoms. The third-order valence-electron chi connectivity index (χ3n) is 7.04.